The van der Waals surface area contributed by atoms with Crippen molar-refractivity contribution in [2.75, 3.05) is 14.2 Å². The molecule has 5 nitrogen and oxygen atoms in total. The molecule has 1 saturated carbocycles. The van der Waals surface area contributed by atoms with Crippen molar-refractivity contribution in [1.29, 1.82) is 0 Å². The van der Waals surface area contributed by atoms with Crippen molar-refractivity contribution in [3.05, 3.63) is 35.5 Å². The van der Waals surface area contributed by atoms with Gasteiger partial charge in [0.25, 0.3) is 5.89 Å². The van der Waals surface area contributed by atoms with E-state index in [0.717, 1.165) is 11.4 Å². The highest BCUT2D eigenvalue weighted by Crippen LogP contribution is 2.31. The lowest BCUT2D eigenvalue weighted by molar-refractivity contribution is 0.355. The molecule has 1 aromatic carbocycles. The molecule has 0 saturated heterocycles. The quantitative estimate of drug-likeness (QED) is 0.823. The number of hydrogen-bond acceptors (Lipinski definition) is 5. The Balaban J connectivity index is 1.71. The van der Waals surface area contributed by atoms with E-state index in [1.165, 1.54) is 32.1 Å². The molecule has 0 spiro atoms. The van der Waals surface area contributed by atoms with Gasteiger partial charge in [-0.15, -0.1) is 0 Å². The molecule has 23 heavy (non-hydrogen) atoms. The van der Waals surface area contributed by atoms with Crippen LogP contribution >= 0.6 is 0 Å². The normalized spacial score (nSPS) is 15.9. The third-order valence-electron chi connectivity index (χ3n) is 4.25. The Morgan fingerprint density at radius 3 is 2.57 bits per heavy atom. The molecule has 1 heterocycles. The zero-order valence-electron chi connectivity index (χ0n) is 13.6. The van der Waals surface area contributed by atoms with Gasteiger partial charge < -0.3 is 14.0 Å². The van der Waals surface area contributed by atoms with Gasteiger partial charge in [-0.2, -0.15) is 4.98 Å². The summed E-state index contributed by atoms with van der Waals surface area (Å²) in [6, 6.07) is 5.74. The second kappa shape index (κ2) is 7.31. The van der Waals surface area contributed by atoms with Crippen LogP contribution in [0.4, 0.5) is 0 Å². The number of methoxy groups -OCH3 is 2. The van der Waals surface area contributed by atoms with Gasteiger partial charge in [-0.05, 0) is 36.6 Å². The Bertz CT molecular complexity index is 673. The summed E-state index contributed by atoms with van der Waals surface area (Å²) in [6.45, 7) is 0. The minimum absolute atomic E-state index is 0.454. The fourth-order valence-electron chi connectivity index (χ4n) is 2.97. The molecule has 3 rings (SSSR count). The molecular weight excluding hydrogens is 292 g/mol. The molecule has 1 aromatic heterocycles. The molecule has 2 aromatic rings. The van der Waals surface area contributed by atoms with Crippen LogP contribution < -0.4 is 9.47 Å². The highest BCUT2D eigenvalue weighted by atomic mass is 16.5. The predicted molar refractivity (Wildman–Crippen MR) is 88.6 cm³/mol. The van der Waals surface area contributed by atoms with Crippen LogP contribution in [0.15, 0.2) is 22.7 Å². The summed E-state index contributed by atoms with van der Waals surface area (Å²) in [7, 11) is 3.25. The molecule has 0 unspecified atom stereocenters. The number of ether oxygens (including phenoxy) is 2. The van der Waals surface area contributed by atoms with Crippen molar-refractivity contribution >= 4 is 12.2 Å². The van der Waals surface area contributed by atoms with E-state index in [-0.39, 0.29) is 0 Å². The summed E-state index contributed by atoms with van der Waals surface area (Å²) >= 11 is 0. The van der Waals surface area contributed by atoms with Gasteiger partial charge in [0.1, 0.15) is 0 Å². The fraction of sp³-hybridized carbons (Fsp3) is 0.444. The molecule has 0 amide bonds. The summed E-state index contributed by atoms with van der Waals surface area (Å²) < 4.78 is 15.9. The summed E-state index contributed by atoms with van der Waals surface area (Å²) in [6.07, 6.45) is 9.93. The van der Waals surface area contributed by atoms with E-state index in [2.05, 4.69) is 10.1 Å². The van der Waals surface area contributed by atoms with E-state index < -0.39 is 0 Å². The molecular formula is C18H22N2O3. The Hall–Kier alpha value is -2.30. The molecule has 0 N–H and O–H groups in total. The maximum absolute atomic E-state index is 5.34. The Kier molecular flexibility index (Phi) is 4.95. The lowest BCUT2D eigenvalue weighted by Gasteiger charge is -2.17. The summed E-state index contributed by atoms with van der Waals surface area (Å²) in [5.74, 6) is 3.25. The highest BCUT2D eigenvalue weighted by molar-refractivity contribution is 5.67. The molecule has 1 aliphatic carbocycles. The minimum Gasteiger partial charge on any atom is -0.493 e. The van der Waals surface area contributed by atoms with Gasteiger partial charge >= 0.3 is 0 Å². The van der Waals surface area contributed by atoms with Crippen LogP contribution in [0.1, 0.15) is 55.3 Å². The topological polar surface area (TPSA) is 57.4 Å². The second-order valence-corrected chi connectivity index (χ2v) is 5.77. The van der Waals surface area contributed by atoms with Gasteiger partial charge in [0.15, 0.2) is 17.3 Å². The fourth-order valence-corrected chi connectivity index (χ4v) is 2.97. The van der Waals surface area contributed by atoms with E-state index in [1.807, 2.05) is 30.4 Å². The zero-order chi connectivity index (χ0) is 16.1. The van der Waals surface area contributed by atoms with Crippen molar-refractivity contribution in [3.8, 4) is 11.5 Å². The third kappa shape index (κ3) is 3.73. The van der Waals surface area contributed by atoms with E-state index >= 15 is 0 Å². The average Bonchev–Trinajstić information content (AvgIpc) is 3.09. The van der Waals surface area contributed by atoms with E-state index in [1.54, 1.807) is 14.2 Å². The van der Waals surface area contributed by atoms with Crippen LogP contribution in [0.3, 0.4) is 0 Å². The monoisotopic (exact) mass is 314 g/mol. The van der Waals surface area contributed by atoms with Crippen LogP contribution in [-0.4, -0.2) is 24.4 Å². The molecule has 0 radical (unpaired) electrons. The maximum Gasteiger partial charge on any atom is 0.250 e. The number of benzene rings is 1. The van der Waals surface area contributed by atoms with Crippen LogP contribution in [0, 0.1) is 0 Å². The first-order chi connectivity index (χ1) is 11.3. The van der Waals surface area contributed by atoms with Gasteiger partial charge in [0.05, 0.1) is 14.2 Å². The van der Waals surface area contributed by atoms with E-state index in [9.17, 15) is 0 Å². The predicted octanol–water partition coefficient (Wildman–Crippen LogP) is 4.30. The Labute approximate surface area is 136 Å². The van der Waals surface area contributed by atoms with E-state index in [0.29, 0.717) is 23.3 Å². The third-order valence-corrected chi connectivity index (χ3v) is 4.25. The summed E-state index contributed by atoms with van der Waals surface area (Å²) in [4.78, 5) is 4.50. The van der Waals surface area contributed by atoms with Crippen LogP contribution in [0.2, 0.25) is 0 Å². The van der Waals surface area contributed by atoms with Crippen molar-refractivity contribution in [2.24, 2.45) is 0 Å². The van der Waals surface area contributed by atoms with Gasteiger partial charge in [0, 0.05) is 12.0 Å². The number of nitrogens with zero attached hydrogens (tertiary/aromatic N) is 2. The van der Waals surface area contributed by atoms with Crippen molar-refractivity contribution < 1.29 is 14.0 Å². The van der Waals surface area contributed by atoms with Gasteiger partial charge in [-0.3, -0.25) is 0 Å². The molecule has 122 valence electrons. The number of aromatic nitrogens is 2. The summed E-state index contributed by atoms with van der Waals surface area (Å²) in [5, 5.41) is 4.13. The van der Waals surface area contributed by atoms with Crippen molar-refractivity contribution in [3.63, 3.8) is 0 Å². The Morgan fingerprint density at radius 1 is 1.04 bits per heavy atom. The zero-order valence-corrected chi connectivity index (χ0v) is 13.6. The standard InChI is InChI=1S/C18H22N2O3/c1-21-15-10-8-13(12-16(15)22-2)9-11-17-19-18(20-23-17)14-6-4-3-5-7-14/h8-12,14H,3-7H2,1-2H3. The SMILES string of the molecule is COc1ccc(C=Cc2nc(C3CCCCC3)no2)cc1OC. The van der Waals surface area contributed by atoms with Gasteiger partial charge in [0.2, 0.25) is 0 Å². The molecule has 0 aliphatic heterocycles. The molecule has 0 bridgehead atoms. The van der Waals surface area contributed by atoms with E-state index in [4.69, 9.17) is 14.0 Å². The lowest BCUT2D eigenvalue weighted by Crippen LogP contribution is -2.06. The molecule has 1 fully saturated rings. The largest absolute Gasteiger partial charge is 0.493 e. The molecule has 1 aliphatic rings. The number of rotatable bonds is 5. The van der Waals surface area contributed by atoms with Crippen molar-refractivity contribution in [1.82, 2.24) is 10.1 Å². The van der Waals surface area contributed by atoms with Crippen LogP contribution in [-0.2, 0) is 0 Å². The first-order valence-corrected chi connectivity index (χ1v) is 8.04. The van der Waals surface area contributed by atoms with Crippen LogP contribution in [0.5, 0.6) is 11.5 Å². The van der Waals surface area contributed by atoms with Crippen molar-refractivity contribution in [2.45, 2.75) is 38.0 Å². The highest BCUT2D eigenvalue weighted by Gasteiger charge is 2.20. The maximum atomic E-state index is 5.34. The molecule has 5 heteroatoms. The van der Waals surface area contributed by atoms with Crippen LogP contribution in [0.25, 0.3) is 12.2 Å². The second-order valence-electron chi connectivity index (χ2n) is 5.77. The minimum atomic E-state index is 0.454. The summed E-state index contributed by atoms with van der Waals surface area (Å²) in [5.41, 5.74) is 0.986. The molecule has 0 atom stereocenters. The first-order valence-electron chi connectivity index (χ1n) is 8.04. The van der Waals surface area contributed by atoms with Gasteiger partial charge in [-0.25, -0.2) is 0 Å². The Morgan fingerprint density at radius 2 is 1.83 bits per heavy atom. The number of hydrogen-bond donors (Lipinski definition) is 0. The lowest BCUT2D eigenvalue weighted by atomic mass is 9.89. The average molecular weight is 314 g/mol. The smallest absolute Gasteiger partial charge is 0.250 e. The first kappa shape index (κ1) is 15.6. The van der Waals surface area contributed by atoms with Gasteiger partial charge in [-0.1, -0.05) is 30.5 Å².